The van der Waals surface area contributed by atoms with Gasteiger partial charge in [-0.1, -0.05) is 0 Å². The first-order valence-corrected chi connectivity index (χ1v) is 6.86. The number of H-pyrrole nitrogens is 1. The van der Waals surface area contributed by atoms with Crippen molar-refractivity contribution in [2.45, 2.75) is 19.9 Å². The number of rotatable bonds is 6. The second-order valence-corrected chi connectivity index (χ2v) is 5.17. The van der Waals surface area contributed by atoms with Crippen molar-refractivity contribution >= 4 is 0 Å². The molecule has 1 aromatic heterocycles. The van der Waals surface area contributed by atoms with E-state index in [0.29, 0.717) is 0 Å². The molecule has 0 radical (unpaired) electrons. The number of nitrogens with one attached hydrogen (secondary N) is 2. The molecule has 1 aliphatic heterocycles. The van der Waals surface area contributed by atoms with E-state index in [1.54, 1.807) is 0 Å². The number of aromatic nitrogens is 2. The normalized spacial score (nSPS) is 18.3. The van der Waals surface area contributed by atoms with Crippen LogP contribution in [0, 0.1) is 6.92 Å². The number of likely N-dealkylation sites (N-methyl/N-ethyl adjacent to an activating group) is 1. The fourth-order valence-electron chi connectivity index (χ4n) is 2.28. The first kappa shape index (κ1) is 13.5. The predicted molar refractivity (Wildman–Crippen MR) is 73.6 cm³/mol. The van der Waals surface area contributed by atoms with Crippen LogP contribution in [0.4, 0.5) is 0 Å². The molecular formula is C13H25N5. The van der Waals surface area contributed by atoms with Crippen molar-refractivity contribution in [2.24, 2.45) is 0 Å². The Balaban J connectivity index is 1.51. The summed E-state index contributed by atoms with van der Waals surface area (Å²) in [6.07, 6.45) is 3.12. The van der Waals surface area contributed by atoms with Gasteiger partial charge in [-0.3, -0.25) is 0 Å². The summed E-state index contributed by atoms with van der Waals surface area (Å²) in [5, 5.41) is 3.46. The van der Waals surface area contributed by atoms with E-state index in [1.807, 2.05) is 13.1 Å². The highest BCUT2D eigenvalue weighted by molar-refractivity contribution is 4.99. The number of aryl methyl sites for hydroxylation is 1. The van der Waals surface area contributed by atoms with E-state index in [1.165, 1.54) is 44.8 Å². The van der Waals surface area contributed by atoms with E-state index in [9.17, 15) is 0 Å². The van der Waals surface area contributed by atoms with Crippen molar-refractivity contribution in [3.05, 3.63) is 17.7 Å². The second-order valence-electron chi connectivity index (χ2n) is 5.17. The first-order chi connectivity index (χ1) is 8.74. The average molecular weight is 251 g/mol. The summed E-state index contributed by atoms with van der Waals surface area (Å²) in [5.74, 6) is 0.990. The number of piperazine rings is 1. The van der Waals surface area contributed by atoms with Crippen LogP contribution in [-0.2, 0) is 6.54 Å². The summed E-state index contributed by atoms with van der Waals surface area (Å²) >= 11 is 0. The molecule has 1 aromatic rings. The molecule has 102 valence electrons. The summed E-state index contributed by atoms with van der Waals surface area (Å²) in [6, 6.07) is 0. The number of hydrogen-bond acceptors (Lipinski definition) is 4. The van der Waals surface area contributed by atoms with E-state index < -0.39 is 0 Å². The van der Waals surface area contributed by atoms with Crippen molar-refractivity contribution in [3.8, 4) is 0 Å². The maximum Gasteiger partial charge on any atom is 0.103 e. The summed E-state index contributed by atoms with van der Waals surface area (Å²) in [6.45, 7) is 10.0. The summed E-state index contributed by atoms with van der Waals surface area (Å²) in [5.41, 5.74) is 1.17. The number of imidazole rings is 1. The Hall–Kier alpha value is -0.910. The van der Waals surface area contributed by atoms with Gasteiger partial charge < -0.3 is 20.1 Å². The Morgan fingerprint density at radius 3 is 2.78 bits per heavy atom. The maximum absolute atomic E-state index is 4.19. The molecule has 2 heterocycles. The molecule has 0 aliphatic carbocycles. The lowest BCUT2D eigenvalue weighted by molar-refractivity contribution is 0.152. The summed E-state index contributed by atoms with van der Waals surface area (Å²) in [4.78, 5) is 12.4. The lowest BCUT2D eigenvalue weighted by atomic mass is 10.3. The fourth-order valence-corrected chi connectivity index (χ4v) is 2.28. The largest absolute Gasteiger partial charge is 0.345 e. The van der Waals surface area contributed by atoms with Crippen molar-refractivity contribution in [2.75, 3.05) is 46.3 Å². The van der Waals surface area contributed by atoms with Crippen molar-refractivity contribution < 1.29 is 0 Å². The third-order valence-electron chi connectivity index (χ3n) is 3.49. The van der Waals surface area contributed by atoms with Crippen LogP contribution in [0.5, 0.6) is 0 Å². The lowest BCUT2D eigenvalue weighted by Gasteiger charge is -2.32. The molecule has 0 unspecified atom stereocenters. The van der Waals surface area contributed by atoms with Crippen molar-refractivity contribution in [3.63, 3.8) is 0 Å². The van der Waals surface area contributed by atoms with Gasteiger partial charge in [0.1, 0.15) is 5.82 Å². The molecule has 1 aliphatic rings. The van der Waals surface area contributed by atoms with Gasteiger partial charge in [0.2, 0.25) is 0 Å². The van der Waals surface area contributed by atoms with Gasteiger partial charge in [-0.25, -0.2) is 4.98 Å². The van der Waals surface area contributed by atoms with Gasteiger partial charge in [0.05, 0.1) is 0 Å². The molecule has 2 N–H and O–H groups in total. The average Bonchev–Trinajstić information content (AvgIpc) is 2.77. The van der Waals surface area contributed by atoms with Crippen LogP contribution in [0.2, 0.25) is 0 Å². The van der Waals surface area contributed by atoms with Crippen LogP contribution in [0.25, 0.3) is 0 Å². The predicted octanol–water partition coefficient (Wildman–Crippen LogP) is 0.445. The van der Waals surface area contributed by atoms with E-state index in [-0.39, 0.29) is 0 Å². The highest BCUT2D eigenvalue weighted by Crippen LogP contribution is 2.00. The smallest absolute Gasteiger partial charge is 0.103 e. The van der Waals surface area contributed by atoms with Gasteiger partial charge in [0.15, 0.2) is 0 Å². The van der Waals surface area contributed by atoms with Gasteiger partial charge in [-0.15, -0.1) is 0 Å². The van der Waals surface area contributed by atoms with Gasteiger partial charge in [-0.2, -0.15) is 0 Å². The van der Waals surface area contributed by atoms with Gasteiger partial charge >= 0.3 is 0 Å². The molecule has 0 amide bonds. The highest BCUT2D eigenvalue weighted by Gasteiger charge is 2.12. The fraction of sp³-hybridized carbons (Fsp3) is 0.769. The third kappa shape index (κ3) is 4.40. The SMILES string of the molecule is Cc1ncc(CNCCCN2CCN(C)CC2)[nH]1. The van der Waals surface area contributed by atoms with E-state index in [0.717, 1.165) is 18.9 Å². The van der Waals surface area contributed by atoms with Gasteiger partial charge in [0, 0.05) is 44.6 Å². The Kier molecular flexibility index (Phi) is 5.16. The van der Waals surface area contributed by atoms with Crippen LogP contribution in [0.15, 0.2) is 6.20 Å². The molecule has 18 heavy (non-hydrogen) atoms. The quantitative estimate of drug-likeness (QED) is 0.721. The Bertz CT molecular complexity index is 341. The molecular weight excluding hydrogens is 226 g/mol. The van der Waals surface area contributed by atoms with Gasteiger partial charge in [-0.05, 0) is 33.5 Å². The zero-order chi connectivity index (χ0) is 12.8. The number of aromatic amines is 1. The Morgan fingerprint density at radius 1 is 1.33 bits per heavy atom. The van der Waals surface area contributed by atoms with Crippen LogP contribution in [0.3, 0.4) is 0 Å². The second kappa shape index (κ2) is 6.87. The minimum absolute atomic E-state index is 0.892. The minimum Gasteiger partial charge on any atom is -0.345 e. The standard InChI is InChI=1S/C13H25N5/c1-12-15-11-13(16-12)10-14-4-3-5-18-8-6-17(2)7-9-18/h11,14H,3-10H2,1-2H3,(H,15,16). The first-order valence-electron chi connectivity index (χ1n) is 6.86. The third-order valence-corrected chi connectivity index (χ3v) is 3.49. The zero-order valence-electron chi connectivity index (χ0n) is 11.6. The molecule has 0 aromatic carbocycles. The van der Waals surface area contributed by atoms with E-state index in [2.05, 4.69) is 32.1 Å². The number of hydrogen-bond donors (Lipinski definition) is 2. The summed E-state index contributed by atoms with van der Waals surface area (Å²) in [7, 11) is 2.20. The monoisotopic (exact) mass is 251 g/mol. The van der Waals surface area contributed by atoms with Crippen LogP contribution < -0.4 is 5.32 Å². The number of nitrogens with zero attached hydrogens (tertiary/aromatic N) is 3. The molecule has 1 fully saturated rings. The molecule has 0 saturated carbocycles. The molecule has 5 nitrogen and oxygen atoms in total. The topological polar surface area (TPSA) is 47.2 Å². The maximum atomic E-state index is 4.19. The molecule has 2 rings (SSSR count). The highest BCUT2D eigenvalue weighted by atomic mass is 15.2. The molecule has 0 bridgehead atoms. The summed E-state index contributed by atoms with van der Waals surface area (Å²) < 4.78 is 0. The van der Waals surface area contributed by atoms with Gasteiger partial charge in [0.25, 0.3) is 0 Å². The van der Waals surface area contributed by atoms with E-state index >= 15 is 0 Å². The molecule has 0 spiro atoms. The van der Waals surface area contributed by atoms with Crippen molar-refractivity contribution in [1.82, 2.24) is 25.1 Å². The molecule has 0 atom stereocenters. The molecule has 5 heteroatoms. The molecule has 1 saturated heterocycles. The van der Waals surface area contributed by atoms with Crippen LogP contribution >= 0.6 is 0 Å². The van der Waals surface area contributed by atoms with Crippen LogP contribution in [0.1, 0.15) is 17.9 Å². The minimum atomic E-state index is 0.892. The zero-order valence-corrected chi connectivity index (χ0v) is 11.6. The van der Waals surface area contributed by atoms with E-state index in [4.69, 9.17) is 0 Å². The Morgan fingerprint density at radius 2 is 2.11 bits per heavy atom. The Labute approximate surface area is 110 Å². The lowest BCUT2D eigenvalue weighted by Crippen LogP contribution is -2.45. The van der Waals surface area contributed by atoms with Crippen molar-refractivity contribution in [1.29, 1.82) is 0 Å². The van der Waals surface area contributed by atoms with Crippen LogP contribution in [-0.4, -0.2) is 66.1 Å².